The number of hydrogen-bond donors (Lipinski definition) is 1. The van der Waals surface area contributed by atoms with Gasteiger partial charge in [0, 0.05) is 4.47 Å². The van der Waals surface area contributed by atoms with Gasteiger partial charge in [-0.05, 0) is 29.8 Å². The molecule has 0 radical (unpaired) electrons. The van der Waals surface area contributed by atoms with Crippen molar-refractivity contribution in [2.75, 3.05) is 13.2 Å². The zero-order valence-electron chi connectivity index (χ0n) is 11.0. The smallest absolute Gasteiger partial charge is 0.224 e. The summed E-state index contributed by atoms with van der Waals surface area (Å²) in [6.07, 6.45) is 0.388. The van der Waals surface area contributed by atoms with Crippen molar-refractivity contribution in [2.45, 2.75) is 6.42 Å². The number of ether oxygens (including phenoxy) is 1. The number of nitrogens with one attached hydrogen (secondary N) is 1. The normalized spacial score (nSPS) is 10.1. The van der Waals surface area contributed by atoms with Crippen molar-refractivity contribution in [2.24, 2.45) is 0 Å². The average Bonchev–Trinajstić information content (AvgIpc) is 2.47. The largest absolute Gasteiger partial charge is 0.492 e. The maximum Gasteiger partial charge on any atom is 0.224 e. The highest BCUT2D eigenvalue weighted by Crippen LogP contribution is 2.11. The maximum absolute atomic E-state index is 11.7. The van der Waals surface area contributed by atoms with Crippen LogP contribution in [0.2, 0.25) is 0 Å². The summed E-state index contributed by atoms with van der Waals surface area (Å²) in [5.41, 5.74) is 0.995. The molecule has 2 aromatic rings. The third-order valence-corrected chi connectivity index (χ3v) is 3.24. The second-order valence-electron chi connectivity index (χ2n) is 4.31. The maximum atomic E-state index is 11.7. The Morgan fingerprint density at radius 3 is 2.45 bits per heavy atom. The van der Waals surface area contributed by atoms with Gasteiger partial charge in [-0.2, -0.15) is 0 Å². The van der Waals surface area contributed by atoms with Gasteiger partial charge in [0.05, 0.1) is 13.0 Å². The van der Waals surface area contributed by atoms with Gasteiger partial charge in [0.1, 0.15) is 12.4 Å². The second-order valence-corrected chi connectivity index (χ2v) is 5.23. The lowest BCUT2D eigenvalue weighted by molar-refractivity contribution is -0.120. The number of halogens is 1. The van der Waals surface area contributed by atoms with Crippen molar-refractivity contribution in [3.63, 3.8) is 0 Å². The van der Waals surface area contributed by atoms with Crippen LogP contribution in [0, 0.1) is 0 Å². The van der Waals surface area contributed by atoms with Gasteiger partial charge in [0.15, 0.2) is 0 Å². The van der Waals surface area contributed by atoms with Gasteiger partial charge < -0.3 is 10.1 Å². The summed E-state index contributed by atoms with van der Waals surface area (Å²) in [5, 5.41) is 2.84. The SMILES string of the molecule is O=C(Cc1ccc(Br)cc1)NCCOc1ccccc1. The van der Waals surface area contributed by atoms with Crippen LogP contribution in [0.15, 0.2) is 59.1 Å². The molecule has 0 fully saturated rings. The Labute approximate surface area is 127 Å². The van der Waals surface area contributed by atoms with E-state index in [1.807, 2.05) is 54.6 Å². The van der Waals surface area contributed by atoms with Crippen LogP contribution in [0.25, 0.3) is 0 Å². The first kappa shape index (κ1) is 14.6. The molecule has 2 aromatic carbocycles. The van der Waals surface area contributed by atoms with E-state index in [0.717, 1.165) is 15.8 Å². The first-order valence-corrected chi connectivity index (χ1v) is 7.22. The quantitative estimate of drug-likeness (QED) is 0.824. The topological polar surface area (TPSA) is 38.3 Å². The fraction of sp³-hybridized carbons (Fsp3) is 0.188. The molecule has 0 atom stereocenters. The zero-order valence-corrected chi connectivity index (χ0v) is 12.6. The number of carbonyl (C=O) groups excluding carboxylic acids is 1. The molecule has 4 heteroatoms. The molecule has 0 saturated carbocycles. The van der Waals surface area contributed by atoms with Gasteiger partial charge in [-0.3, -0.25) is 4.79 Å². The summed E-state index contributed by atoms with van der Waals surface area (Å²) in [6, 6.07) is 17.3. The van der Waals surface area contributed by atoms with Crippen LogP contribution in [0.1, 0.15) is 5.56 Å². The van der Waals surface area contributed by atoms with E-state index in [1.54, 1.807) is 0 Å². The van der Waals surface area contributed by atoms with Crippen LogP contribution < -0.4 is 10.1 Å². The number of hydrogen-bond acceptors (Lipinski definition) is 2. The van der Waals surface area contributed by atoms with E-state index in [2.05, 4.69) is 21.2 Å². The fourth-order valence-electron chi connectivity index (χ4n) is 1.73. The third-order valence-electron chi connectivity index (χ3n) is 2.71. The van der Waals surface area contributed by atoms with Crippen molar-refractivity contribution < 1.29 is 9.53 Å². The Kier molecular flexibility index (Phi) is 5.62. The summed E-state index contributed by atoms with van der Waals surface area (Å²) in [5.74, 6) is 0.818. The molecule has 0 saturated heterocycles. The zero-order chi connectivity index (χ0) is 14.2. The van der Waals surface area contributed by atoms with Crippen LogP contribution in [0.4, 0.5) is 0 Å². The van der Waals surface area contributed by atoms with Crippen molar-refractivity contribution in [3.05, 3.63) is 64.6 Å². The molecule has 2 rings (SSSR count). The molecule has 104 valence electrons. The molecule has 0 spiro atoms. The van der Waals surface area contributed by atoms with E-state index in [4.69, 9.17) is 4.74 Å². The highest BCUT2D eigenvalue weighted by atomic mass is 79.9. The molecule has 0 aromatic heterocycles. The molecule has 0 heterocycles. The molecule has 0 aliphatic heterocycles. The highest BCUT2D eigenvalue weighted by molar-refractivity contribution is 9.10. The first-order chi connectivity index (χ1) is 9.74. The molecule has 0 bridgehead atoms. The highest BCUT2D eigenvalue weighted by Gasteiger charge is 2.02. The molecule has 0 unspecified atom stereocenters. The van der Waals surface area contributed by atoms with Gasteiger partial charge in [-0.15, -0.1) is 0 Å². The lowest BCUT2D eigenvalue weighted by Gasteiger charge is -2.07. The van der Waals surface area contributed by atoms with Crippen LogP contribution in [-0.4, -0.2) is 19.1 Å². The predicted molar refractivity (Wildman–Crippen MR) is 82.8 cm³/mol. The number of benzene rings is 2. The molecule has 1 amide bonds. The van der Waals surface area contributed by atoms with Crippen molar-refractivity contribution >= 4 is 21.8 Å². The van der Waals surface area contributed by atoms with Crippen molar-refractivity contribution in [1.82, 2.24) is 5.32 Å². The van der Waals surface area contributed by atoms with E-state index in [-0.39, 0.29) is 5.91 Å². The standard InChI is InChI=1S/C16H16BrNO2/c17-14-8-6-13(7-9-14)12-16(19)18-10-11-20-15-4-2-1-3-5-15/h1-9H,10-12H2,(H,18,19). The average molecular weight is 334 g/mol. The molecular weight excluding hydrogens is 318 g/mol. The van der Waals surface area contributed by atoms with Crippen LogP contribution in [0.5, 0.6) is 5.75 Å². The number of carbonyl (C=O) groups is 1. The summed E-state index contributed by atoms with van der Waals surface area (Å²) in [6.45, 7) is 0.973. The van der Waals surface area contributed by atoms with Gasteiger partial charge in [0.25, 0.3) is 0 Å². The molecule has 0 aliphatic rings. The third kappa shape index (κ3) is 5.05. The number of amides is 1. The molecular formula is C16H16BrNO2. The minimum atomic E-state index is 0.00369. The van der Waals surface area contributed by atoms with Gasteiger partial charge in [-0.25, -0.2) is 0 Å². The molecule has 1 N–H and O–H groups in total. The van der Waals surface area contributed by atoms with Gasteiger partial charge in [-0.1, -0.05) is 46.3 Å². The molecule has 3 nitrogen and oxygen atoms in total. The van der Waals surface area contributed by atoms with Gasteiger partial charge in [0.2, 0.25) is 5.91 Å². The molecule has 20 heavy (non-hydrogen) atoms. The second kappa shape index (κ2) is 7.70. The van der Waals surface area contributed by atoms with Crippen molar-refractivity contribution in [3.8, 4) is 5.75 Å². The Morgan fingerprint density at radius 1 is 1.05 bits per heavy atom. The lowest BCUT2D eigenvalue weighted by Crippen LogP contribution is -2.29. The van der Waals surface area contributed by atoms with Gasteiger partial charge >= 0.3 is 0 Å². The van der Waals surface area contributed by atoms with E-state index in [9.17, 15) is 4.79 Å². The van der Waals surface area contributed by atoms with E-state index >= 15 is 0 Å². The Morgan fingerprint density at radius 2 is 1.75 bits per heavy atom. The minimum Gasteiger partial charge on any atom is -0.492 e. The summed E-state index contributed by atoms with van der Waals surface area (Å²) < 4.78 is 6.51. The molecule has 0 aliphatic carbocycles. The lowest BCUT2D eigenvalue weighted by atomic mass is 10.1. The Bertz CT molecular complexity index is 540. The summed E-state index contributed by atoms with van der Waals surface area (Å²) >= 11 is 3.37. The van der Waals surface area contributed by atoms with Crippen LogP contribution in [0.3, 0.4) is 0 Å². The van der Waals surface area contributed by atoms with Crippen LogP contribution >= 0.6 is 15.9 Å². The van der Waals surface area contributed by atoms with E-state index in [1.165, 1.54) is 0 Å². The predicted octanol–water partition coefficient (Wildman–Crippen LogP) is 3.19. The minimum absolute atomic E-state index is 0.00369. The van der Waals surface area contributed by atoms with E-state index < -0.39 is 0 Å². The van der Waals surface area contributed by atoms with Crippen molar-refractivity contribution in [1.29, 1.82) is 0 Å². The van der Waals surface area contributed by atoms with E-state index in [0.29, 0.717) is 19.6 Å². The summed E-state index contributed by atoms with van der Waals surface area (Å²) in [4.78, 5) is 11.7. The Hall–Kier alpha value is -1.81. The first-order valence-electron chi connectivity index (χ1n) is 6.43. The number of rotatable bonds is 6. The Balaban J connectivity index is 1.66. The van der Waals surface area contributed by atoms with Crippen LogP contribution in [-0.2, 0) is 11.2 Å². The number of para-hydroxylation sites is 1. The monoisotopic (exact) mass is 333 g/mol. The summed E-state index contributed by atoms with van der Waals surface area (Å²) in [7, 11) is 0. The fourth-order valence-corrected chi connectivity index (χ4v) is 1.99.